The number of thiophene rings is 1. The van der Waals surface area contributed by atoms with Gasteiger partial charge >= 0.3 is 0 Å². The number of nitrogens with zero attached hydrogens (tertiary/aromatic N) is 2. The number of carbonyl (C=O) groups is 1. The summed E-state index contributed by atoms with van der Waals surface area (Å²) in [6.07, 6.45) is 1.04. The molecule has 0 radical (unpaired) electrons. The van der Waals surface area contributed by atoms with Crippen LogP contribution in [0.3, 0.4) is 0 Å². The molecule has 1 heterocycles. The molecule has 0 fully saturated rings. The zero-order chi connectivity index (χ0) is 13.7. The number of likely N-dealkylation sites (N-methyl/N-ethyl adjacent to an activating group) is 1. The number of ketones is 1. The van der Waals surface area contributed by atoms with E-state index in [-0.39, 0.29) is 5.78 Å². The minimum absolute atomic E-state index is 0.0236. The van der Waals surface area contributed by atoms with Crippen LogP contribution in [0.15, 0.2) is 6.07 Å². The minimum Gasteiger partial charge on any atom is -0.309 e. The Morgan fingerprint density at radius 3 is 2.44 bits per heavy atom. The Bertz CT molecular complexity index is 407. The number of rotatable bonds is 7. The fraction of sp³-hybridized carbons (Fsp3) is 0.583. The number of Topliss-reactive ketones (excluding diaryl/α,β-unsaturated/α-hetero) is 1. The molecule has 0 aliphatic heterocycles. The van der Waals surface area contributed by atoms with E-state index in [1.54, 1.807) is 6.07 Å². The quantitative estimate of drug-likeness (QED) is 0.723. The zero-order valence-corrected chi connectivity index (χ0v) is 13.2. The standard InChI is InChI=1S/C12H18Cl2N2OS/c1-15(2)5-4-6-16(3)8-10(17)9-7-11(13)18-12(9)14/h7H,4-6,8H2,1-3H3. The van der Waals surface area contributed by atoms with Gasteiger partial charge in [0.2, 0.25) is 0 Å². The van der Waals surface area contributed by atoms with Gasteiger partial charge in [-0.1, -0.05) is 23.2 Å². The van der Waals surface area contributed by atoms with Gasteiger partial charge in [0.1, 0.15) is 4.34 Å². The summed E-state index contributed by atoms with van der Waals surface area (Å²) in [6, 6.07) is 1.64. The third-order valence-electron chi connectivity index (χ3n) is 2.52. The van der Waals surface area contributed by atoms with E-state index >= 15 is 0 Å². The maximum atomic E-state index is 12.0. The predicted octanol–water partition coefficient (Wildman–Crippen LogP) is 3.12. The lowest BCUT2D eigenvalue weighted by Crippen LogP contribution is -2.28. The molecule has 1 rings (SSSR count). The Kier molecular flexibility index (Phi) is 6.60. The summed E-state index contributed by atoms with van der Waals surface area (Å²) in [7, 11) is 6.02. The van der Waals surface area contributed by atoms with Gasteiger partial charge < -0.3 is 4.90 Å². The highest BCUT2D eigenvalue weighted by Gasteiger charge is 2.15. The van der Waals surface area contributed by atoms with Crippen molar-refractivity contribution in [3.63, 3.8) is 0 Å². The van der Waals surface area contributed by atoms with Gasteiger partial charge in [0.05, 0.1) is 16.4 Å². The first-order valence-electron chi connectivity index (χ1n) is 5.71. The Morgan fingerprint density at radius 2 is 1.94 bits per heavy atom. The highest BCUT2D eigenvalue weighted by Crippen LogP contribution is 2.31. The van der Waals surface area contributed by atoms with Gasteiger partial charge in [0.15, 0.2) is 5.78 Å². The van der Waals surface area contributed by atoms with Gasteiger partial charge in [-0.3, -0.25) is 9.69 Å². The predicted molar refractivity (Wildman–Crippen MR) is 79.3 cm³/mol. The molecule has 18 heavy (non-hydrogen) atoms. The van der Waals surface area contributed by atoms with Crippen LogP contribution in [0.1, 0.15) is 16.8 Å². The fourth-order valence-electron chi connectivity index (χ4n) is 1.60. The summed E-state index contributed by atoms with van der Waals surface area (Å²) in [5.41, 5.74) is 0.533. The number of hydrogen-bond acceptors (Lipinski definition) is 4. The largest absolute Gasteiger partial charge is 0.309 e. The Labute approximate surface area is 122 Å². The van der Waals surface area contributed by atoms with Gasteiger partial charge in [-0.15, -0.1) is 11.3 Å². The molecule has 0 atom stereocenters. The molecule has 1 aromatic heterocycles. The molecular weight excluding hydrogens is 291 g/mol. The molecule has 102 valence electrons. The fourth-order valence-corrected chi connectivity index (χ4v) is 3.10. The monoisotopic (exact) mass is 308 g/mol. The van der Waals surface area contributed by atoms with Crippen molar-refractivity contribution < 1.29 is 4.79 Å². The average Bonchev–Trinajstić information content (AvgIpc) is 2.57. The molecule has 1 aromatic rings. The van der Waals surface area contributed by atoms with Gasteiger partial charge in [-0.2, -0.15) is 0 Å². The molecule has 0 N–H and O–H groups in total. The van der Waals surface area contributed by atoms with Gasteiger partial charge in [0, 0.05) is 0 Å². The lowest BCUT2D eigenvalue weighted by Gasteiger charge is -2.17. The van der Waals surface area contributed by atoms with E-state index in [2.05, 4.69) is 4.90 Å². The molecular formula is C12H18Cl2N2OS. The minimum atomic E-state index is 0.0236. The highest BCUT2D eigenvalue weighted by molar-refractivity contribution is 7.20. The van der Waals surface area contributed by atoms with Crippen LogP contribution in [0.25, 0.3) is 0 Å². The van der Waals surface area contributed by atoms with E-state index in [0.717, 1.165) is 19.5 Å². The van der Waals surface area contributed by atoms with E-state index in [1.807, 2.05) is 26.0 Å². The maximum Gasteiger partial charge on any atom is 0.179 e. The Hall–Kier alpha value is -0.130. The molecule has 0 unspecified atom stereocenters. The molecule has 0 aromatic carbocycles. The van der Waals surface area contributed by atoms with Crippen LogP contribution in [0.5, 0.6) is 0 Å². The zero-order valence-electron chi connectivity index (χ0n) is 10.9. The Morgan fingerprint density at radius 1 is 1.28 bits per heavy atom. The number of hydrogen-bond donors (Lipinski definition) is 0. The van der Waals surface area contributed by atoms with E-state index < -0.39 is 0 Å². The molecule has 0 spiro atoms. The summed E-state index contributed by atoms with van der Waals surface area (Å²) in [5, 5.41) is 0. The van der Waals surface area contributed by atoms with Crippen LogP contribution in [-0.4, -0.2) is 56.4 Å². The van der Waals surface area contributed by atoms with Crippen molar-refractivity contribution in [2.24, 2.45) is 0 Å². The lowest BCUT2D eigenvalue weighted by atomic mass is 10.2. The van der Waals surface area contributed by atoms with Crippen LogP contribution in [0, 0.1) is 0 Å². The van der Waals surface area contributed by atoms with Crippen LogP contribution in [-0.2, 0) is 0 Å². The van der Waals surface area contributed by atoms with Crippen LogP contribution in [0.4, 0.5) is 0 Å². The second-order valence-corrected chi connectivity index (χ2v) is 6.84. The van der Waals surface area contributed by atoms with Crippen molar-refractivity contribution in [2.75, 3.05) is 40.8 Å². The summed E-state index contributed by atoms with van der Waals surface area (Å²) < 4.78 is 1.03. The van der Waals surface area contributed by atoms with Crippen molar-refractivity contribution in [2.45, 2.75) is 6.42 Å². The maximum absolute atomic E-state index is 12.0. The van der Waals surface area contributed by atoms with Crippen molar-refractivity contribution in [3.8, 4) is 0 Å². The number of halogens is 2. The molecule has 0 saturated heterocycles. The van der Waals surface area contributed by atoms with Crippen molar-refractivity contribution in [1.82, 2.24) is 9.80 Å². The van der Waals surface area contributed by atoms with Crippen LogP contribution in [0.2, 0.25) is 8.67 Å². The molecule has 0 aliphatic rings. The number of carbonyl (C=O) groups excluding carboxylic acids is 1. The molecule has 0 amide bonds. The van der Waals surface area contributed by atoms with E-state index in [4.69, 9.17) is 23.2 Å². The van der Waals surface area contributed by atoms with Crippen molar-refractivity contribution >= 4 is 40.3 Å². The summed E-state index contributed by atoms with van der Waals surface area (Å²) in [5.74, 6) is 0.0236. The molecule has 6 heteroatoms. The first-order chi connectivity index (χ1) is 8.40. The topological polar surface area (TPSA) is 23.6 Å². The van der Waals surface area contributed by atoms with E-state index in [1.165, 1.54) is 11.3 Å². The van der Waals surface area contributed by atoms with E-state index in [0.29, 0.717) is 20.8 Å². The molecule has 0 bridgehead atoms. The van der Waals surface area contributed by atoms with Crippen molar-refractivity contribution in [1.29, 1.82) is 0 Å². The Balaban J connectivity index is 2.42. The SMILES string of the molecule is CN(C)CCCN(C)CC(=O)c1cc(Cl)sc1Cl. The van der Waals surface area contributed by atoms with Crippen LogP contribution >= 0.6 is 34.5 Å². The highest BCUT2D eigenvalue weighted by atomic mass is 35.5. The second-order valence-electron chi connectivity index (χ2n) is 4.56. The normalized spacial score (nSPS) is 11.5. The summed E-state index contributed by atoms with van der Waals surface area (Å²) in [6.45, 7) is 2.28. The first kappa shape index (κ1) is 15.9. The van der Waals surface area contributed by atoms with Gasteiger partial charge in [-0.25, -0.2) is 0 Å². The van der Waals surface area contributed by atoms with Crippen molar-refractivity contribution in [3.05, 3.63) is 20.3 Å². The molecule has 0 saturated carbocycles. The van der Waals surface area contributed by atoms with Gasteiger partial charge in [0.25, 0.3) is 0 Å². The average molecular weight is 309 g/mol. The lowest BCUT2D eigenvalue weighted by molar-refractivity contribution is 0.0945. The molecule has 3 nitrogen and oxygen atoms in total. The van der Waals surface area contributed by atoms with Crippen LogP contribution < -0.4 is 0 Å². The second kappa shape index (κ2) is 7.46. The molecule has 0 aliphatic carbocycles. The smallest absolute Gasteiger partial charge is 0.179 e. The third kappa shape index (κ3) is 5.24. The third-order valence-corrected chi connectivity index (χ3v) is 4.00. The summed E-state index contributed by atoms with van der Waals surface area (Å²) in [4.78, 5) is 16.1. The van der Waals surface area contributed by atoms with Gasteiger partial charge in [-0.05, 0) is 46.7 Å². The summed E-state index contributed by atoms with van der Waals surface area (Å²) >= 11 is 13.0. The first-order valence-corrected chi connectivity index (χ1v) is 7.28. The van der Waals surface area contributed by atoms with E-state index in [9.17, 15) is 4.79 Å².